The number of hydrogen-bond acceptors (Lipinski definition) is 2. The van der Waals surface area contributed by atoms with Crippen LogP contribution in [-0.2, 0) is 9.59 Å². The second kappa shape index (κ2) is 7.30. The molecule has 0 unspecified atom stereocenters. The highest BCUT2D eigenvalue weighted by Crippen LogP contribution is 2.17. The second-order valence-electron chi connectivity index (χ2n) is 4.81. The molecule has 0 bridgehead atoms. The first kappa shape index (κ1) is 15.9. The minimum absolute atomic E-state index is 0.0593. The highest BCUT2D eigenvalue weighted by atomic mass is 16.4. The molecule has 0 aliphatic rings. The molecule has 0 atom stereocenters. The van der Waals surface area contributed by atoms with Crippen molar-refractivity contribution in [3.8, 4) is 0 Å². The summed E-state index contributed by atoms with van der Waals surface area (Å²) in [7, 11) is 0. The lowest BCUT2D eigenvalue weighted by molar-refractivity contribution is -0.156. The maximum absolute atomic E-state index is 12.0. The molecule has 17 heavy (non-hydrogen) atoms. The van der Waals surface area contributed by atoms with Gasteiger partial charge in [0.15, 0.2) is 0 Å². The van der Waals surface area contributed by atoms with Crippen LogP contribution in [0.2, 0.25) is 0 Å². The van der Waals surface area contributed by atoms with Crippen LogP contribution in [0.4, 0.5) is 0 Å². The lowest BCUT2D eigenvalue weighted by Crippen LogP contribution is -2.52. The van der Waals surface area contributed by atoms with Crippen molar-refractivity contribution in [3.63, 3.8) is 0 Å². The van der Waals surface area contributed by atoms with Crippen LogP contribution in [0, 0.1) is 0 Å². The maximum Gasteiger partial charge on any atom is 0.329 e. The Morgan fingerprint density at radius 3 is 2.12 bits per heavy atom. The average Bonchev–Trinajstić information content (AvgIpc) is 2.24. The SMILES string of the molecule is CCCCCCC(=O)N(CC)C(C)(C)C(=O)O. The summed E-state index contributed by atoms with van der Waals surface area (Å²) in [6.07, 6.45) is 4.59. The minimum Gasteiger partial charge on any atom is -0.480 e. The number of carbonyl (C=O) groups excluding carboxylic acids is 1. The summed E-state index contributed by atoms with van der Waals surface area (Å²) in [5.74, 6) is -1.02. The van der Waals surface area contributed by atoms with E-state index in [0.717, 1.165) is 25.7 Å². The molecule has 0 spiro atoms. The van der Waals surface area contributed by atoms with E-state index in [-0.39, 0.29) is 5.91 Å². The molecule has 0 saturated carbocycles. The topological polar surface area (TPSA) is 57.6 Å². The molecule has 0 rings (SSSR count). The van der Waals surface area contributed by atoms with Gasteiger partial charge in [-0.25, -0.2) is 4.79 Å². The number of carboxylic acids is 1. The number of carbonyl (C=O) groups is 2. The largest absolute Gasteiger partial charge is 0.480 e. The summed E-state index contributed by atoms with van der Waals surface area (Å²) in [5, 5.41) is 9.11. The van der Waals surface area contributed by atoms with Crippen molar-refractivity contribution < 1.29 is 14.7 Å². The van der Waals surface area contributed by atoms with E-state index in [1.54, 1.807) is 13.8 Å². The molecule has 0 aliphatic carbocycles. The minimum atomic E-state index is -1.11. The molecular weight excluding hydrogens is 218 g/mol. The quantitative estimate of drug-likeness (QED) is 0.667. The van der Waals surface area contributed by atoms with Gasteiger partial charge < -0.3 is 10.0 Å². The highest BCUT2D eigenvalue weighted by molar-refractivity contribution is 5.86. The molecule has 0 fully saturated rings. The molecule has 0 aromatic carbocycles. The lowest BCUT2D eigenvalue weighted by Gasteiger charge is -2.34. The fourth-order valence-electron chi connectivity index (χ4n) is 1.84. The summed E-state index contributed by atoms with van der Waals surface area (Å²) >= 11 is 0. The normalized spacial score (nSPS) is 11.3. The number of carboxylic acid groups (broad SMARTS) is 1. The predicted octanol–water partition coefficient (Wildman–Crippen LogP) is 2.67. The zero-order valence-electron chi connectivity index (χ0n) is 11.5. The fraction of sp³-hybridized carbons (Fsp3) is 0.846. The van der Waals surface area contributed by atoms with Crippen LogP contribution >= 0.6 is 0 Å². The van der Waals surface area contributed by atoms with Crippen LogP contribution in [0.3, 0.4) is 0 Å². The van der Waals surface area contributed by atoms with Gasteiger partial charge in [0.2, 0.25) is 5.91 Å². The van der Waals surface area contributed by atoms with Gasteiger partial charge in [0.1, 0.15) is 5.54 Å². The number of rotatable bonds is 8. The summed E-state index contributed by atoms with van der Waals surface area (Å²) in [6.45, 7) is 7.51. The van der Waals surface area contributed by atoms with Crippen molar-refractivity contribution >= 4 is 11.9 Å². The molecule has 0 aliphatic heterocycles. The van der Waals surface area contributed by atoms with Gasteiger partial charge in [-0.2, -0.15) is 0 Å². The van der Waals surface area contributed by atoms with Crippen molar-refractivity contribution in [3.05, 3.63) is 0 Å². The molecule has 0 aromatic rings. The molecule has 4 nitrogen and oxygen atoms in total. The van der Waals surface area contributed by atoms with Crippen molar-refractivity contribution in [1.82, 2.24) is 4.90 Å². The standard InChI is InChI=1S/C13H25NO3/c1-5-7-8-9-10-11(15)14(6-2)13(3,4)12(16)17/h5-10H2,1-4H3,(H,16,17). The summed E-state index contributed by atoms with van der Waals surface area (Å²) in [6, 6.07) is 0. The first-order valence-electron chi connectivity index (χ1n) is 6.41. The Kier molecular flexibility index (Phi) is 6.85. The smallest absolute Gasteiger partial charge is 0.329 e. The van der Waals surface area contributed by atoms with Gasteiger partial charge in [0, 0.05) is 13.0 Å². The third-order valence-electron chi connectivity index (χ3n) is 3.06. The predicted molar refractivity (Wildman–Crippen MR) is 67.9 cm³/mol. The van der Waals surface area contributed by atoms with E-state index in [0.29, 0.717) is 13.0 Å². The van der Waals surface area contributed by atoms with E-state index >= 15 is 0 Å². The highest BCUT2D eigenvalue weighted by Gasteiger charge is 2.36. The van der Waals surface area contributed by atoms with Crippen molar-refractivity contribution in [2.24, 2.45) is 0 Å². The Bertz CT molecular complexity index is 261. The van der Waals surface area contributed by atoms with Crippen LogP contribution in [0.1, 0.15) is 59.8 Å². The van der Waals surface area contributed by atoms with Gasteiger partial charge in [-0.15, -0.1) is 0 Å². The van der Waals surface area contributed by atoms with Crippen molar-refractivity contribution in [1.29, 1.82) is 0 Å². The van der Waals surface area contributed by atoms with E-state index in [2.05, 4.69) is 6.92 Å². The van der Waals surface area contributed by atoms with Gasteiger partial charge in [0.05, 0.1) is 0 Å². The van der Waals surface area contributed by atoms with Crippen LogP contribution < -0.4 is 0 Å². The Labute approximate surface area is 104 Å². The molecule has 0 radical (unpaired) electrons. The maximum atomic E-state index is 12.0. The van der Waals surface area contributed by atoms with E-state index < -0.39 is 11.5 Å². The van der Waals surface area contributed by atoms with Gasteiger partial charge in [-0.3, -0.25) is 4.79 Å². The van der Waals surface area contributed by atoms with E-state index in [1.165, 1.54) is 4.90 Å². The first-order chi connectivity index (χ1) is 7.87. The third kappa shape index (κ3) is 4.75. The first-order valence-corrected chi connectivity index (χ1v) is 6.41. The van der Waals surface area contributed by atoms with Gasteiger partial charge in [-0.1, -0.05) is 26.2 Å². The molecular formula is C13H25NO3. The Hall–Kier alpha value is -1.06. The Balaban J connectivity index is 4.36. The van der Waals surface area contributed by atoms with E-state index in [4.69, 9.17) is 5.11 Å². The summed E-state index contributed by atoms with van der Waals surface area (Å²) in [4.78, 5) is 24.5. The zero-order chi connectivity index (χ0) is 13.5. The van der Waals surface area contributed by atoms with Crippen LogP contribution in [-0.4, -0.2) is 34.0 Å². The third-order valence-corrected chi connectivity index (χ3v) is 3.06. The van der Waals surface area contributed by atoms with Gasteiger partial charge >= 0.3 is 5.97 Å². The number of likely N-dealkylation sites (N-methyl/N-ethyl adjacent to an activating group) is 1. The van der Waals surface area contributed by atoms with E-state index in [9.17, 15) is 9.59 Å². The van der Waals surface area contributed by atoms with Crippen LogP contribution in [0.15, 0.2) is 0 Å². The summed E-state index contributed by atoms with van der Waals surface area (Å²) < 4.78 is 0. The molecule has 0 saturated heterocycles. The average molecular weight is 243 g/mol. The van der Waals surface area contributed by atoms with Crippen LogP contribution in [0.25, 0.3) is 0 Å². The van der Waals surface area contributed by atoms with Gasteiger partial charge in [0.25, 0.3) is 0 Å². The second-order valence-corrected chi connectivity index (χ2v) is 4.81. The van der Waals surface area contributed by atoms with Gasteiger partial charge in [-0.05, 0) is 27.2 Å². The molecule has 4 heteroatoms. The lowest BCUT2D eigenvalue weighted by atomic mass is 10.0. The number of nitrogens with zero attached hydrogens (tertiary/aromatic N) is 1. The number of hydrogen-bond donors (Lipinski definition) is 1. The Morgan fingerprint density at radius 2 is 1.71 bits per heavy atom. The fourth-order valence-corrected chi connectivity index (χ4v) is 1.84. The van der Waals surface area contributed by atoms with Crippen molar-refractivity contribution in [2.75, 3.05) is 6.54 Å². The van der Waals surface area contributed by atoms with Crippen LogP contribution in [0.5, 0.6) is 0 Å². The molecule has 0 aromatic heterocycles. The Morgan fingerprint density at radius 1 is 1.12 bits per heavy atom. The molecule has 1 N–H and O–H groups in total. The van der Waals surface area contributed by atoms with E-state index in [1.807, 2.05) is 6.92 Å². The zero-order valence-corrected chi connectivity index (χ0v) is 11.5. The number of unbranched alkanes of at least 4 members (excludes halogenated alkanes) is 3. The monoisotopic (exact) mass is 243 g/mol. The number of amides is 1. The number of aliphatic carboxylic acids is 1. The summed E-state index contributed by atoms with van der Waals surface area (Å²) in [5.41, 5.74) is -1.11. The van der Waals surface area contributed by atoms with Crippen molar-refractivity contribution in [2.45, 2.75) is 65.3 Å². The molecule has 100 valence electrons. The molecule has 1 amide bonds. The molecule has 0 heterocycles.